The van der Waals surface area contributed by atoms with Crippen LogP contribution in [0.3, 0.4) is 0 Å². The van der Waals surface area contributed by atoms with Crippen LogP contribution in [0.15, 0.2) is 12.1 Å². The first-order chi connectivity index (χ1) is 7.68. The summed E-state index contributed by atoms with van der Waals surface area (Å²) in [5, 5.41) is 8.70. The van der Waals surface area contributed by atoms with Crippen LogP contribution < -0.4 is 9.47 Å². The fourth-order valence-electron chi connectivity index (χ4n) is 1.81. The van der Waals surface area contributed by atoms with E-state index in [4.69, 9.17) is 14.6 Å². The van der Waals surface area contributed by atoms with Gasteiger partial charge in [0.05, 0.1) is 0 Å². The molecule has 1 aromatic carbocycles. The number of rotatable bonds is 3. The van der Waals surface area contributed by atoms with Gasteiger partial charge in [-0.2, -0.15) is 0 Å². The number of fused-ring (bicyclic) bond motifs is 1. The van der Waals surface area contributed by atoms with E-state index < -0.39 is 5.97 Å². The zero-order valence-corrected chi connectivity index (χ0v) is 9.16. The third kappa shape index (κ3) is 2.10. The van der Waals surface area contributed by atoms with Crippen LogP contribution in [0.1, 0.15) is 17.5 Å². The Kier molecular flexibility index (Phi) is 2.99. The van der Waals surface area contributed by atoms with E-state index >= 15 is 0 Å². The van der Waals surface area contributed by atoms with E-state index in [0.717, 1.165) is 16.9 Å². The topological polar surface area (TPSA) is 55.8 Å². The Labute approximate surface area is 93.8 Å². The summed E-state index contributed by atoms with van der Waals surface area (Å²) in [6.45, 7) is 3.03. The molecule has 0 saturated heterocycles. The van der Waals surface area contributed by atoms with Crippen LogP contribution in [0.5, 0.6) is 11.5 Å². The average molecular weight is 222 g/mol. The molecule has 1 aromatic rings. The van der Waals surface area contributed by atoms with E-state index in [1.165, 1.54) is 0 Å². The van der Waals surface area contributed by atoms with Crippen molar-refractivity contribution in [3.8, 4) is 11.5 Å². The number of hydrogen-bond acceptors (Lipinski definition) is 3. The zero-order valence-electron chi connectivity index (χ0n) is 9.16. The summed E-state index contributed by atoms with van der Waals surface area (Å²) < 4.78 is 11.0. The molecule has 0 amide bonds. The second-order valence-corrected chi connectivity index (χ2v) is 3.78. The number of benzene rings is 1. The summed E-state index contributed by atoms with van der Waals surface area (Å²) in [5.41, 5.74) is 1.99. The highest BCUT2D eigenvalue weighted by Gasteiger charge is 2.18. The van der Waals surface area contributed by atoms with Crippen LogP contribution in [-0.4, -0.2) is 24.3 Å². The number of hydrogen-bond donors (Lipinski definition) is 1. The molecule has 1 aliphatic rings. The van der Waals surface area contributed by atoms with Crippen molar-refractivity contribution in [3.05, 3.63) is 23.3 Å². The molecule has 1 N–H and O–H groups in total. The SMILES string of the molecule is Cc1ccc2c(c1CCC(=O)O)OCCO2. The molecule has 4 nitrogen and oxygen atoms in total. The largest absolute Gasteiger partial charge is 0.486 e. The number of carbonyl (C=O) groups is 1. The third-order valence-electron chi connectivity index (χ3n) is 2.63. The van der Waals surface area contributed by atoms with Gasteiger partial charge < -0.3 is 14.6 Å². The maximum absolute atomic E-state index is 10.6. The van der Waals surface area contributed by atoms with Crippen molar-refractivity contribution in [2.45, 2.75) is 19.8 Å². The predicted molar refractivity (Wildman–Crippen MR) is 58.1 cm³/mol. The highest BCUT2D eigenvalue weighted by molar-refractivity contribution is 5.67. The number of carboxylic acid groups (broad SMARTS) is 1. The first-order valence-electron chi connectivity index (χ1n) is 5.28. The van der Waals surface area contributed by atoms with Crippen LogP contribution in [-0.2, 0) is 11.2 Å². The fourth-order valence-corrected chi connectivity index (χ4v) is 1.81. The van der Waals surface area contributed by atoms with Gasteiger partial charge in [0.2, 0.25) is 0 Å². The van der Waals surface area contributed by atoms with Gasteiger partial charge in [-0.25, -0.2) is 0 Å². The van der Waals surface area contributed by atoms with Crippen LogP contribution in [0, 0.1) is 6.92 Å². The maximum atomic E-state index is 10.6. The summed E-state index contributed by atoms with van der Waals surface area (Å²) in [7, 11) is 0. The fraction of sp³-hybridized carbons (Fsp3) is 0.417. The van der Waals surface area contributed by atoms with E-state index in [2.05, 4.69) is 0 Å². The molecule has 0 unspecified atom stereocenters. The lowest BCUT2D eigenvalue weighted by Crippen LogP contribution is -2.17. The summed E-state index contributed by atoms with van der Waals surface area (Å²) in [4.78, 5) is 10.6. The van der Waals surface area contributed by atoms with Crippen molar-refractivity contribution in [1.29, 1.82) is 0 Å². The van der Waals surface area contributed by atoms with E-state index in [9.17, 15) is 4.79 Å². The molecule has 1 heterocycles. The molecule has 0 saturated carbocycles. The Morgan fingerprint density at radius 1 is 1.38 bits per heavy atom. The monoisotopic (exact) mass is 222 g/mol. The van der Waals surface area contributed by atoms with Gasteiger partial charge in [-0.3, -0.25) is 4.79 Å². The predicted octanol–water partition coefficient (Wildman–Crippen LogP) is 1.78. The molecule has 0 aromatic heterocycles. The molecule has 86 valence electrons. The molecule has 0 spiro atoms. The lowest BCUT2D eigenvalue weighted by Gasteiger charge is -2.22. The molecular formula is C12H14O4. The lowest BCUT2D eigenvalue weighted by molar-refractivity contribution is -0.136. The normalized spacial score (nSPS) is 13.6. The smallest absolute Gasteiger partial charge is 0.303 e. The van der Waals surface area contributed by atoms with E-state index in [0.29, 0.717) is 25.4 Å². The highest BCUT2D eigenvalue weighted by atomic mass is 16.6. The van der Waals surface area contributed by atoms with Gasteiger partial charge >= 0.3 is 5.97 Å². The quantitative estimate of drug-likeness (QED) is 0.847. The highest BCUT2D eigenvalue weighted by Crippen LogP contribution is 2.36. The van der Waals surface area contributed by atoms with E-state index in [-0.39, 0.29) is 6.42 Å². The summed E-state index contributed by atoms with van der Waals surface area (Å²) >= 11 is 0. The van der Waals surface area contributed by atoms with Gasteiger partial charge in [0, 0.05) is 12.0 Å². The summed E-state index contributed by atoms with van der Waals surface area (Å²) in [6, 6.07) is 3.80. The van der Waals surface area contributed by atoms with Gasteiger partial charge in [0.1, 0.15) is 13.2 Å². The molecule has 16 heavy (non-hydrogen) atoms. The number of aryl methyl sites for hydroxylation is 1. The number of ether oxygens (including phenoxy) is 2. The van der Waals surface area contributed by atoms with Crippen LogP contribution in [0.25, 0.3) is 0 Å². The van der Waals surface area contributed by atoms with E-state index in [1.54, 1.807) is 0 Å². The van der Waals surface area contributed by atoms with Gasteiger partial charge in [0.25, 0.3) is 0 Å². The van der Waals surface area contributed by atoms with Crippen molar-refractivity contribution in [2.75, 3.05) is 13.2 Å². The summed E-state index contributed by atoms with van der Waals surface area (Å²) in [5.74, 6) is 0.637. The first-order valence-corrected chi connectivity index (χ1v) is 5.28. The second-order valence-electron chi connectivity index (χ2n) is 3.78. The molecule has 2 rings (SSSR count). The Morgan fingerprint density at radius 2 is 2.12 bits per heavy atom. The second kappa shape index (κ2) is 4.43. The third-order valence-corrected chi connectivity index (χ3v) is 2.63. The molecule has 0 fully saturated rings. The molecule has 0 atom stereocenters. The standard InChI is InChI=1S/C12H14O4/c1-8-2-4-10-12(16-7-6-15-10)9(8)3-5-11(13)14/h2,4H,3,5-7H2,1H3,(H,13,14). The van der Waals surface area contributed by atoms with Crippen molar-refractivity contribution in [1.82, 2.24) is 0 Å². The molecule has 0 bridgehead atoms. The van der Waals surface area contributed by atoms with Gasteiger partial charge in [-0.05, 0) is 25.0 Å². The van der Waals surface area contributed by atoms with Gasteiger partial charge in [-0.15, -0.1) is 0 Å². The Balaban J connectivity index is 2.30. The van der Waals surface area contributed by atoms with Crippen molar-refractivity contribution >= 4 is 5.97 Å². The van der Waals surface area contributed by atoms with Crippen molar-refractivity contribution < 1.29 is 19.4 Å². The lowest BCUT2D eigenvalue weighted by atomic mass is 10.0. The van der Waals surface area contributed by atoms with E-state index in [1.807, 2.05) is 19.1 Å². The van der Waals surface area contributed by atoms with Gasteiger partial charge in [0.15, 0.2) is 11.5 Å². The Morgan fingerprint density at radius 3 is 2.88 bits per heavy atom. The Hall–Kier alpha value is -1.71. The molecule has 1 aliphatic heterocycles. The molecular weight excluding hydrogens is 208 g/mol. The van der Waals surface area contributed by atoms with Gasteiger partial charge in [-0.1, -0.05) is 6.07 Å². The van der Waals surface area contributed by atoms with Crippen LogP contribution in [0.4, 0.5) is 0 Å². The minimum Gasteiger partial charge on any atom is -0.486 e. The molecule has 4 heteroatoms. The average Bonchev–Trinajstić information content (AvgIpc) is 2.27. The first kappa shape index (κ1) is 10.8. The number of aliphatic carboxylic acids is 1. The Bertz CT molecular complexity index is 412. The molecule has 0 aliphatic carbocycles. The minimum atomic E-state index is -0.797. The van der Waals surface area contributed by atoms with Crippen molar-refractivity contribution in [3.63, 3.8) is 0 Å². The summed E-state index contributed by atoms with van der Waals surface area (Å²) in [6.07, 6.45) is 0.592. The molecule has 0 radical (unpaired) electrons. The van der Waals surface area contributed by atoms with Crippen molar-refractivity contribution in [2.24, 2.45) is 0 Å². The van der Waals surface area contributed by atoms with Crippen LogP contribution in [0.2, 0.25) is 0 Å². The van der Waals surface area contributed by atoms with Crippen LogP contribution >= 0.6 is 0 Å². The minimum absolute atomic E-state index is 0.112. The number of carboxylic acids is 1. The zero-order chi connectivity index (χ0) is 11.5. The maximum Gasteiger partial charge on any atom is 0.303 e.